The van der Waals surface area contributed by atoms with Gasteiger partial charge in [0.25, 0.3) is 11.8 Å². The molecule has 1 aliphatic heterocycles. The van der Waals surface area contributed by atoms with Gasteiger partial charge in [-0.05, 0) is 72.5 Å². The quantitative estimate of drug-likeness (QED) is 0.565. The number of nitrogens with zero attached hydrogens (tertiary/aromatic N) is 2. The first-order valence-corrected chi connectivity index (χ1v) is 10.5. The van der Waals surface area contributed by atoms with Crippen molar-refractivity contribution in [2.24, 2.45) is 0 Å². The average molecular weight is 441 g/mol. The third-order valence-electron chi connectivity index (χ3n) is 5.24. The number of aromatic nitrogens is 1. The molecule has 1 aromatic heterocycles. The van der Waals surface area contributed by atoms with Gasteiger partial charge in [0.15, 0.2) is 0 Å². The van der Waals surface area contributed by atoms with Gasteiger partial charge in [0.1, 0.15) is 5.70 Å². The van der Waals surface area contributed by atoms with Crippen molar-refractivity contribution in [3.05, 3.63) is 94.9 Å². The maximum absolute atomic E-state index is 13.4. The van der Waals surface area contributed by atoms with E-state index in [2.05, 4.69) is 15.6 Å². The van der Waals surface area contributed by atoms with E-state index in [4.69, 9.17) is 0 Å². The number of rotatable bonds is 6. The largest absolute Gasteiger partial charge is 0.350 e. The number of carbonyl (C=O) groups excluding carboxylic acids is 3. The zero-order chi connectivity index (χ0) is 23.5. The second kappa shape index (κ2) is 9.08. The second-order valence-corrected chi connectivity index (χ2v) is 8.06. The van der Waals surface area contributed by atoms with Gasteiger partial charge in [-0.1, -0.05) is 18.2 Å². The van der Waals surface area contributed by atoms with Gasteiger partial charge in [-0.2, -0.15) is 0 Å². The van der Waals surface area contributed by atoms with E-state index >= 15 is 0 Å². The Morgan fingerprint density at radius 1 is 0.879 bits per heavy atom. The Hall–Kier alpha value is -4.26. The van der Waals surface area contributed by atoms with Crippen LogP contribution >= 0.6 is 0 Å². The minimum atomic E-state index is -0.392. The van der Waals surface area contributed by atoms with Gasteiger partial charge in [-0.15, -0.1) is 0 Å². The minimum absolute atomic E-state index is 0.145. The molecule has 0 radical (unpaired) electrons. The number of nitrogens with one attached hydrogen (secondary N) is 2. The van der Waals surface area contributed by atoms with E-state index in [9.17, 15) is 14.4 Å². The zero-order valence-corrected chi connectivity index (χ0v) is 18.7. The Labute approximate surface area is 192 Å². The summed E-state index contributed by atoms with van der Waals surface area (Å²) >= 11 is 0. The van der Waals surface area contributed by atoms with Crippen molar-refractivity contribution >= 4 is 34.7 Å². The molecule has 3 aromatic rings. The van der Waals surface area contributed by atoms with Crippen molar-refractivity contribution in [2.75, 3.05) is 10.6 Å². The van der Waals surface area contributed by atoms with Crippen LogP contribution < -0.4 is 10.6 Å². The Morgan fingerprint density at radius 3 is 2.12 bits per heavy atom. The molecular formula is C26H24N4O3. The van der Waals surface area contributed by atoms with Crippen molar-refractivity contribution in [3.8, 4) is 0 Å². The highest BCUT2D eigenvalue weighted by Crippen LogP contribution is 2.32. The number of imide groups is 1. The Balaban J connectivity index is 1.74. The molecule has 3 amide bonds. The monoisotopic (exact) mass is 440 g/mol. The number of aryl methyl sites for hydroxylation is 2. The van der Waals surface area contributed by atoms with Gasteiger partial charge in [0, 0.05) is 30.7 Å². The van der Waals surface area contributed by atoms with Gasteiger partial charge in [-0.3, -0.25) is 24.3 Å². The number of carbonyl (C=O) groups is 3. The van der Waals surface area contributed by atoms with E-state index in [1.807, 2.05) is 32.0 Å². The van der Waals surface area contributed by atoms with Crippen LogP contribution in [0.1, 0.15) is 29.2 Å². The van der Waals surface area contributed by atoms with Crippen LogP contribution in [0.15, 0.2) is 72.7 Å². The molecule has 0 fully saturated rings. The molecule has 2 N–H and O–H groups in total. The zero-order valence-electron chi connectivity index (χ0n) is 18.7. The Morgan fingerprint density at radius 2 is 1.52 bits per heavy atom. The van der Waals surface area contributed by atoms with Crippen LogP contribution in [-0.4, -0.2) is 27.6 Å². The number of hydrogen-bond acceptors (Lipinski definition) is 5. The first-order valence-electron chi connectivity index (χ1n) is 10.5. The smallest absolute Gasteiger partial charge is 0.278 e. The molecule has 0 saturated carbocycles. The molecule has 0 saturated heterocycles. The molecule has 7 heteroatoms. The fourth-order valence-corrected chi connectivity index (χ4v) is 3.89. The summed E-state index contributed by atoms with van der Waals surface area (Å²) in [6, 6.07) is 16.3. The van der Waals surface area contributed by atoms with Crippen molar-refractivity contribution < 1.29 is 14.4 Å². The average Bonchev–Trinajstić information content (AvgIpc) is 2.98. The van der Waals surface area contributed by atoms with E-state index in [1.54, 1.807) is 48.8 Å². The number of anilines is 2. The molecule has 1 aliphatic rings. The van der Waals surface area contributed by atoms with Crippen LogP contribution in [0.5, 0.6) is 0 Å². The van der Waals surface area contributed by atoms with Crippen molar-refractivity contribution in [2.45, 2.75) is 27.3 Å². The SMILES string of the molecule is CC(=O)Nc1ccc(C2=C(Nc3cc(C)cc(C)c3)C(=O)N(Cc3ccncc3)C2=O)cc1. The molecular weight excluding hydrogens is 416 g/mol. The fourth-order valence-electron chi connectivity index (χ4n) is 3.89. The molecule has 166 valence electrons. The second-order valence-electron chi connectivity index (χ2n) is 8.06. The van der Waals surface area contributed by atoms with Gasteiger partial charge >= 0.3 is 0 Å². The van der Waals surface area contributed by atoms with Crippen LogP contribution in [0.4, 0.5) is 11.4 Å². The number of amides is 3. The normalized spacial score (nSPS) is 13.5. The molecule has 4 rings (SSSR count). The van der Waals surface area contributed by atoms with Crippen LogP contribution in [0.3, 0.4) is 0 Å². The molecule has 0 unspecified atom stereocenters. The van der Waals surface area contributed by atoms with E-state index < -0.39 is 5.91 Å². The summed E-state index contributed by atoms with van der Waals surface area (Å²) in [6.45, 7) is 5.53. The predicted octanol–water partition coefficient (Wildman–Crippen LogP) is 4.05. The molecule has 0 bridgehead atoms. The van der Waals surface area contributed by atoms with E-state index in [-0.39, 0.29) is 24.1 Å². The summed E-state index contributed by atoms with van der Waals surface area (Å²) in [5.74, 6) is -0.956. The number of hydrogen-bond donors (Lipinski definition) is 2. The molecule has 0 atom stereocenters. The maximum atomic E-state index is 13.4. The highest BCUT2D eigenvalue weighted by Gasteiger charge is 2.39. The molecule has 0 spiro atoms. The lowest BCUT2D eigenvalue weighted by Crippen LogP contribution is -2.32. The van der Waals surface area contributed by atoms with Crippen LogP contribution in [0, 0.1) is 13.8 Å². The summed E-state index contributed by atoms with van der Waals surface area (Å²) in [6.07, 6.45) is 3.26. The molecule has 7 nitrogen and oxygen atoms in total. The van der Waals surface area contributed by atoms with Crippen LogP contribution in [-0.2, 0) is 20.9 Å². The van der Waals surface area contributed by atoms with E-state index in [0.29, 0.717) is 16.8 Å². The van der Waals surface area contributed by atoms with E-state index in [0.717, 1.165) is 22.4 Å². The third-order valence-corrected chi connectivity index (χ3v) is 5.24. The van der Waals surface area contributed by atoms with Crippen molar-refractivity contribution in [1.82, 2.24) is 9.88 Å². The lowest BCUT2D eigenvalue weighted by Gasteiger charge is -2.15. The maximum Gasteiger partial charge on any atom is 0.278 e. The third kappa shape index (κ3) is 4.82. The lowest BCUT2D eigenvalue weighted by atomic mass is 10.0. The molecule has 33 heavy (non-hydrogen) atoms. The highest BCUT2D eigenvalue weighted by atomic mass is 16.2. The number of pyridine rings is 1. The summed E-state index contributed by atoms with van der Waals surface area (Å²) < 4.78 is 0. The van der Waals surface area contributed by atoms with Gasteiger partial charge in [0.2, 0.25) is 5.91 Å². The van der Waals surface area contributed by atoms with E-state index in [1.165, 1.54) is 11.8 Å². The molecule has 2 aromatic carbocycles. The Kier molecular flexibility index (Phi) is 6.04. The standard InChI is InChI=1S/C26H24N4O3/c1-16-12-17(2)14-22(13-16)29-24-23(20-4-6-21(7-5-20)28-18(3)31)25(32)30(26(24)33)15-19-8-10-27-11-9-19/h4-14,29H,15H2,1-3H3,(H,28,31). The number of benzene rings is 2. The summed E-state index contributed by atoms with van der Waals surface area (Å²) in [7, 11) is 0. The highest BCUT2D eigenvalue weighted by molar-refractivity contribution is 6.36. The minimum Gasteiger partial charge on any atom is -0.350 e. The molecule has 0 aliphatic carbocycles. The first kappa shape index (κ1) is 22.0. The lowest BCUT2D eigenvalue weighted by molar-refractivity contribution is -0.137. The van der Waals surface area contributed by atoms with Gasteiger partial charge in [0.05, 0.1) is 12.1 Å². The fraction of sp³-hybridized carbons (Fsp3) is 0.154. The van der Waals surface area contributed by atoms with Crippen molar-refractivity contribution in [1.29, 1.82) is 0 Å². The van der Waals surface area contributed by atoms with Crippen LogP contribution in [0.2, 0.25) is 0 Å². The van der Waals surface area contributed by atoms with Gasteiger partial charge in [-0.25, -0.2) is 0 Å². The van der Waals surface area contributed by atoms with Crippen LogP contribution in [0.25, 0.3) is 5.57 Å². The Bertz CT molecular complexity index is 1240. The summed E-state index contributed by atoms with van der Waals surface area (Å²) in [5.41, 5.74) is 5.36. The molecule has 2 heterocycles. The van der Waals surface area contributed by atoms with Gasteiger partial charge < -0.3 is 10.6 Å². The topological polar surface area (TPSA) is 91.4 Å². The summed E-state index contributed by atoms with van der Waals surface area (Å²) in [5, 5.41) is 5.91. The summed E-state index contributed by atoms with van der Waals surface area (Å²) in [4.78, 5) is 43.4. The van der Waals surface area contributed by atoms with Crippen molar-refractivity contribution in [3.63, 3.8) is 0 Å². The first-order chi connectivity index (χ1) is 15.8. The predicted molar refractivity (Wildman–Crippen MR) is 127 cm³/mol.